The second-order valence-corrected chi connectivity index (χ2v) is 5.54. The number of imidazole rings is 1. The summed E-state index contributed by atoms with van der Waals surface area (Å²) in [5.41, 5.74) is 14.7. The van der Waals surface area contributed by atoms with Crippen LogP contribution in [0.15, 0.2) is 48.8 Å². The highest BCUT2D eigenvalue weighted by molar-refractivity contribution is 6.11. The van der Waals surface area contributed by atoms with Crippen molar-refractivity contribution < 1.29 is 4.79 Å². The number of nitrogen functional groups attached to an aromatic ring is 1. The van der Waals surface area contributed by atoms with Crippen LogP contribution < -0.4 is 11.5 Å². The Hall–Kier alpha value is -3.48. The Morgan fingerprint density at radius 3 is 2.62 bits per heavy atom. The van der Waals surface area contributed by atoms with E-state index in [1.54, 1.807) is 12.4 Å². The Morgan fingerprint density at radius 2 is 1.88 bits per heavy atom. The van der Waals surface area contributed by atoms with E-state index < -0.39 is 5.91 Å². The number of aromatic nitrogens is 4. The molecular weight excluding hydrogens is 304 g/mol. The minimum atomic E-state index is -0.629. The molecule has 0 radical (unpaired) electrons. The lowest BCUT2D eigenvalue weighted by molar-refractivity contribution is 0.100. The minimum absolute atomic E-state index is 0.0260. The van der Waals surface area contributed by atoms with E-state index in [4.69, 9.17) is 11.5 Å². The minimum Gasteiger partial charge on any atom is -0.382 e. The maximum absolute atomic E-state index is 11.7. The van der Waals surface area contributed by atoms with Crippen molar-refractivity contribution in [2.75, 3.05) is 5.73 Å². The number of fused-ring (bicyclic) bond motifs is 2. The molecule has 0 aliphatic rings. The summed E-state index contributed by atoms with van der Waals surface area (Å²) >= 11 is 0. The second kappa shape index (κ2) is 5.31. The van der Waals surface area contributed by atoms with Crippen LogP contribution in [0.3, 0.4) is 0 Å². The standard InChI is InChI=1S/C17H14N6O/c18-16-15(17(19)24)11-6-13-14(7-12(11)21-22-16)23(9-20-13)8-10-4-2-1-3-5-10/h1-7,9H,8H2,(H2,18,22)(H2,19,24). The van der Waals surface area contributed by atoms with Crippen LogP contribution in [-0.2, 0) is 6.54 Å². The fourth-order valence-corrected chi connectivity index (χ4v) is 2.84. The maximum atomic E-state index is 11.7. The normalized spacial score (nSPS) is 11.2. The van der Waals surface area contributed by atoms with Gasteiger partial charge < -0.3 is 16.0 Å². The number of nitrogens with two attached hydrogens (primary N) is 2. The average Bonchev–Trinajstić information content (AvgIpc) is 2.95. The van der Waals surface area contributed by atoms with E-state index >= 15 is 0 Å². The van der Waals surface area contributed by atoms with E-state index in [9.17, 15) is 4.79 Å². The number of primary amides is 1. The molecule has 0 fully saturated rings. The zero-order chi connectivity index (χ0) is 16.7. The third-order valence-electron chi connectivity index (χ3n) is 3.97. The Labute approximate surface area is 136 Å². The van der Waals surface area contributed by atoms with Crippen LogP contribution in [0.25, 0.3) is 21.9 Å². The van der Waals surface area contributed by atoms with E-state index in [1.807, 2.05) is 28.8 Å². The molecule has 118 valence electrons. The van der Waals surface area contributed by atoms with Gasteiger partial charge in [0.1, 0.15) is 0 Å². The summed E-state index contributed by atoms with van der Waals surface area (Å²) in [4.78, 5) is 16.1. The topological polar surface area (TPSA) is 113 Å². The quantitative estimate of drug-likeness (QED) is 0.597. The highest BCUT2D eigenvalue weighted by atomic mass is 16.1. The van der Waals surface area contributed by atoms with Gasteiger partial charge in [0.05, 0.1) is 28.4 Å². The number of hydrogen-bond acceptors (Lipinski definition) is 5. The van der Waals surface area contributed by atoms with Gasteiger partial charge in [-0.25, -0.2) is 4.98 Å². The molecule has 2 aromatic carbocycles. The third-order valence-corrected chi connectivity index (χ3v) is 3.97. The van der Waals surface area contributed by atoms with E-state index in [-0.39, 0.29) is 11.4 Å². The fourth-order valence-electron chi connectivity index (χ4n) is 2.84. The summed E-state index contributed by atoms with van der Waals surface area (Å²) in [6.45, 7) is 0.688. The van der Waals surface area contributed by atoms with Crippen molar-refractivity contribution in [2.45, 2.75) is 6.54 Å². The van der Waals surface area contributed by atoms with Crippen molar-refractivity contribution in [3.8, 4) is 0 Å². The number of nitrogens with zero attached hydrogens (tertiary/aromatic N) is 4. The number of benzene rings is 2. The molecule has 4 rings (SSSR count). The fraction of sp³-hybridized carbons (Fsp3) is 0.0588. The van der Waals surface area contributed by atoms with E-state index in [2.05, 4.69) is 27.3 Å². The molecule has 4 N–H and O–H groups in total. The third kappa shape index (κ3) is 2.23. The second-order valence-electron chi connectivity index (χ2n) is 5.54. The number of hydrogen-bond donors (Lipinski definition) is 2. The lowest BCUT2D eigenvalue weighted by Gasteiger charge is -2.07. The van der Waals surface area contributed by atoms with E-state index in [0.717, 1.165) is 16.6 Å². The lowest BCUT2D eigenvalue weighted by Crippen LogP contribution is -2.15. The average molecular weight is 318 g/mol. The van der Waals surface area contributed by atoms with Crippen LogP contribution in [0.5, 0.6) is 0 Å². The summed E-state index contributed by atoms with van der Waals surface area (Å²) in [5.74, 6) is -0.603. The molecule has 0 spiro atoms. The van der Waals surface area contributed by atoms with Crippen LogP contribution in [0, 0.1) is 0 Å². The molecule has 0 atom stereocenters. The SMILES string of the molecule is NC(=O)c1c(N)nnc2cc3c(cc12)ncn3Cc1ccccc1. The molecule has 0 aliphatic heterocycles. The van der Waals surface area contributed by atoms with Gasteiger partial charge in [-0.3, -0.25) is 4.79 Å². The Kier molecular flexibility index (Phi) is 3.13. The summed E-state index contributed by atoms with van der Waals surface area (Å²) in [7, 11) is 0. The highest BCUT2D eigenvalue weighted by Gasteiger charge is 2.15. The summed E-state index contributed by atoms with van der Waals surface area (Å²) in [6, 6.07) is 13.7. The zero-order valence-electron chi connectivity index (χ0n) is 12.7. The summed E-state index contributed by atoms with van der Waals surface area (Å²) in [5, 5.41) is 8.47. The lowest BCUT2D eigenvalue weighted by atomic mass is 10.1. The number of carbonyl (C=O) groups excluding carboxylic acids is 1. The van der Waals surface area contributed by atoms with Gasteiger partial charge in [0.15, 0.2) is 5.82 Å². The number of carbonyl (C=O) groups is 1. The molecule has 2 heterocycles. The van der Waals surface area contributed by atoms with Gasteiger partial charge in [0, 0.05) is 11.9 Å². The highest BCUT2D eigenvalue weighted by Crippen LogP contribution is 2.25. The smallest absolute Gasteiger partial charge is 0.253 e. The molecule has 0 saturated heterocycles. The van der Waals surface area contributed by atoms with Gasteiger partial charge in [0.25, 0.3) is 5.91 Å². The number of rotatable bonds is 3. The van der Waals surface area contributed by atoms with Crippen molar-refractivity contribution in [2.24, 2.45) is 5.73 Å². The summed E-state index contributed by atoms with van der Waals surface area (Å²) < 4.78 is 2.02. The molecule has 0 aliphatic carbocycles. The van der Waals surface area contributed by atoms with Crippen LogP contribution in [0.4, 0.5) is 5.82 Å². The van der Waals surface area contributed by atoms with Crippen molar-refractivity contribution in [1.29, 1.82) is 0 Å². The first-order valence-electron chi connectivity index (χ1n) is 7.38. The predicted molar refractivity (Wildman–Crippen MR) is 91.3 cm³/mol. The Bertz CT molecular complexity index is 1070. The van der Waals surface area contributed by atoms with Crippen molar-refractivity contribution >= 4 is 33.7 Å². The molecule has 2 aromatic heterocycles. The Balaban J connectivity index is 1.90. The van der Waals surface area contributed by atoms with Gasteiger partial charge in [-0.1, -0.05) is 30.3 Å². The van der Waals surface area contributed by atoms with Gasteiger partial charge in [-0.05, 0) is 17.7 Å². The van der Waals surface area contributed by atoms with Gasteiger partial charge >= 0.3 is 0 Å². The summed E-state index contributed by atoms with van der Waals surface area (Å²) in [6.07, 6.45) is 1.76. The van der Waals surface area contributed by atoms with Gasteiger partial charge in [-0.15, -0.1) is 10.2 Å². The molecule has 0 saturated carbocycles. The van der Waals surface area contributed by atoms with Crippen molar-refractivity contribution in [3.05, 3.63) is 59.9 Å². The zero-order valence-corrected chi connectivity index (χ0v) is 12.7. The molecule has 24 heavy (non-hydrogen) atoms. The van der Waals surface area contributed by atoms with Crippen molar-refractivity contribution in [1.82, 2.24) is 19.7 Å². The molecule has 4 aromatic rings. The number of amides is 1. The maximum Gasteiger partial charge on any atom is 0.253 e. The van der Waals surface area contributed by atoms with Crippen LogP contribution >= 0.6 is 0 Å². The molecular formula is C17H14N6O. The van der Waals surface area contributed by atoms with Crippen LogP contribution in [0.1, 0.15) is 15.9 Å². The monoisotopic (exact) mass is 318 g/mol. The first-order valence-corrected chi connectivity index (χ1v) is 7.38. The first kappa shape index (κ1) is 14.1. The first-order chi connectivity index (χ1) is 11.6. The Morgan fingerprint density at radius 1 is 1.08 bits per heavy atom. The van der Waals surface area contributed by atoms with Crippen LogP contribution in [0.2, 0.25) is 0 Å². The van der Waals surface area contributed by atoms with E-state index in [1.165, 1.54) is 0 Å². The molecule has 0 unspecified atom stereocenters. The molecule has 1 amide bonds. The predicted octanol–water partition coefficient (Wildman–Crippen LogP) is 1.71. The van der Waals surface area contributed by atoms with E-state index in [0.29, 0.717) is 17.4 Å². The van der Waals surface area contributed by atoms with Crippen LogP contribution in [-0.4, -0.2) is 25.7 Å². The molecule has 0 bridgehead atoms. The van der Waals surface area contributed by atoms with Gasteiger partial charge in [-0.2, -0.15) is 0 Å². The molecule has 7 heteroatoms. The molecule has 7 nitrogen and oxygen atoms in total. The van der Waals surface area contributed by atoms with Crippen molar-refractivity contribution in [3.63, 3.8) is 0 Å². The largest absolute Gasteiger partial charge is 0.382 e. The number of anilines is 1. The van der Waals surface area contributed by atoms with Gasteiger partial charge in [0.2, 0.25) is 0 Å².